The molecule has 39 heavy (non-hydrogen) atoms. The van der Waals surface area contributed by atoms with Crippen LogP contribution in [-0.4, -0.2) is 45.0 Å². The second-order valence-electron chi connectivity index (χ2n) is 8.83. The van der Waals surface area contributed by atoms with Gasteiger partial charge in [0.1, 0.15) is 11.3 Å². The normalized spacial score (nSPS) is 15.5. The molecule has 1 atom stereocenters. The molecule has 194 valence electrons. The van der Waals surface area contributed by atoms with Crippen LogP contribution in [0.25, 0.3) is 22.0 Å². The molecule has 1 aliphatic rings. The Bertz CT molecular complexity index is 1850. The summed E-state index contributed by atoms with van der Waals surface area (Å²) in [6, 6.07) is 16.7. The van der Waals surface area contributed by atoms with Gasteiger partial charge in [-0.25, -0.2) is 9.78 Å². The summed E-state index contributed by atoms with van der Waals surface area (Å²) in [4.78, 5) is 47.3. The van der Waals surface area contributed by atoms with Crippen molar-refractivity contribution >= 4 is 61.5 Å². The monoisotopic (exact) mass is 587 g/mol. The van der Waals surface area contributed by atoms with Gasteiger partial charge in [0.25, 0.3) is 5.91 Å². The summed E-state index contributed by atoms with van der Waals surface area (Å²) >= 11 is 3.39. The van der Waals surface area contributed by atoms with E-state index in [4.69, 9.17) is 9.15 Å². The zero-order chi connectivity index (χ0) is 27.4. The third kappa shape index (κ3) is 4.03. The largest absolute Gasteiger partial charge is 0.503 e. The number of halogens is 1. The van der Waals surface area contributed by atoms with Gasteiger partial charge in [-0.1, -0.05) is 28.1 Å². The molecule has 1 aliphatic heterocycles. The lowest BCUT2D eigenvalue weighted by Gasteiger charge is -2.24. The maximum atomic E-state index is 13.8. The number of aromatic amines is 1. The van der Waals surface area contributed by atoms with Gasteiger partial charge in [-0.3, -0.25) is 14.5 Å². The van der Waals surface area contributed by atoms with Gasteiger partial charge in [0.2, 0.25) is 11.7 Å². The molecule has 0 spiro atoms. The van der Waals surface area contributed by atoms with Crippen molar-refractivity contribution in [1.82, 2.24) is 9.97 Å². The number of Topliss-reactive ketones (excluding diaryl/α,β-unsaturated/α-hetero) is 1. The molecule has 1 unspecified atom stereocenters. The number of amides is 1. The molecule has 0 fully saturated rings. The Labute approximate surface area is 228 Å². The van der Waals surface area contributed by atoms with Crippen molar-refractivity contribution in [2.45, 2.75) is 6.04 Å². The Morgan fingerprint density at radius 3 is 2.56 bits per heavy atom. The minimum atomic E-state index is -1.12. The zero-order valence-electron chi connectivity index (χ0n) is 20.1. The first kappa shape index (κ1) is 24.4. The van der Waals surface area contributed by atoms with Crippen LogP contribution < -0.4 is 9.64 Å². The van der Waals surface area contributed by atoms with E-state index in [1.165, 1.54) is 30.2 Å². The van der Waals surface area contributed by atoms with E-state index in [-0.39, 0.29) is 22.8 Å². The lowest BCUT2D eigenvalue weighted by Crippen LogP contribution is -2.32. The number of anilines is 1. The molecule has 11 heteroatoms. The fourth-order valence-corrected chi connectivity index (χ4v) is 5.04. The van der Waals surface area contributed by atoms with Gasteiger partial charge in [-0.2, -0.15) is 0 Å². The molecule has 0 aliphatic carbocycles. The molecule has 5 aromatic rings. The molecule has 1 amide bonds. The first-order valence-corrected chi connectivity index (χ1v) is 12.4. The fourth-order valence-electron chi connectivity index (χ4n) is 4.66. The number of carboxylic acid groups (broad SMARTS) is 1. The Morgan fingerprint density at radius 2 is 1.85 bits per heavy atom. The quantitative estimate of drug-likeness (QED) is 0.219. The first-order chi connectivity index (χ1) is 18.7. The fraction of sp³-hybridized carbons (Fsp3) is 0.0714. The number of hydrogen-bond donors (Lipinski definition) is 3. The summed E-state index contributed by atoms with van der Waals surface area (Å²) in [5.41, 5.74) is 1.59. The van der Waals surface area contributed by atoms with Crippen molar-refractivity contribution in [2.75, 3.05) is 12.0 Å². The van der Waals surface area contributed by atoms with Gasteiger partial charge in [0.15, 0.2) is 11.5 Å². The number of ketones is 1. The maximum absolute atomic E-state index is 13.8. The van der Waals surface area contributed by atoms with Crippen LogP contribution in [0.15, 0.2) is 87.0 Å². The minimum absolute atomic E-state index is 0.0289. The number of ether oxygens (including phenoxy) is 1. The Kier molecular flexibility index (Phi) is 5.72. The van der Waals surface area contributed by atoms with Gasteiger partial charge in [-0.05, 0) is 60.2 Å². The number of benzene rings is 3. The Hall–Kier alpha value is -4.90. The molecule has 6 rings (SSSR count). The van der Waals surface area contributed by atoms with E-state index in [9.17, 15) is 24.6 Å². The van der Waals surface area contributed by atoms with Crippen molar-refractivity contribution in [3.63, 3.8) is 0 Å². The summed E-state index contributed by atoms with van der Waals surface area (Å²) in [5.74, 6) is -2.84. The zero-order valence-corrected chi connectivity index (χ0v) is 21.7. The van der Waals surface area contributed by atoms with Crippen LogP contribution in [0.4, 0.5) is 5.95 Å². The molecule has 3 aromatic carbocycles. The first-order valence-electron chi connectivity index (χ1n) is 11.6. The lowest BCUT2D eigenvalue weighted by molar-refractivity contribution is -0.117. The van der Waals surface area contributed by atoms with Crippen LogP contribution >= 0.6 is 15.9 Å². The Morgan fingerprint density at radius 1 is 1.08 bits per heavy atom. The maximum Gasteiger partial charge on any atom is 0.335 e. The summed E-state index contributed by atoms with van der Waals surface area (Å²) in [5, 5.41) is 21.1. The van der Waals surface area contributed by atoms with E-state index in [1.807, 2.05) is 0 Å². The number of aliphatic hydroxyl groups excluding tert-OH is 1. The smallest absolute Gasteiger partial charge is 0.335 e. The lowest BCUT2D eigenvalue weighted by atomic mass is 9.95. The van der Waals surface area contributed by atoms with E-state index >= 15 is 0 Å². The number of carboxylic acids is 1. The summed E-state index contributed by atoms with van der Waals surface area (Å²) < 4.78 is 11.8. The van der Waals surface area contributed by atoms with Crippen LogP contribution in [0.1, 0.15) is 32.5 Å². The summed E-state index contributed by atoms with van der Waals surface area (Å²) in [7, 11) is 1.51. The SMILES string of the molecule is COc1ccc(C2C(C(=O)c3cc4cc(Br)ccc4o3)=C(O)C(=O)N2c2nc3ccc(C(=O)O)cc3[nH]2)cc1. The standard InChI is InChI=1S/C28H18BrN3O7/c1-38-17-6-2-13(3-7-17)23-22(24(33)21-12-15-10-16(29)5-9-20(15)39-21)25(34)26(35)32(23)28-30-18-8-4-14(27(36)37)11-19(18)31-28/h2-12,23,34H,1H3,(H,30,31)(H,36,37). The average Bonchev–Trinajstić information content (AvgIpc) is 3.61. The highest BCUT2D eigenvalue weighted by molar-refractivity contribution is 9.10. The average molecular weight is 588 g/mol. The summed E-state index contributed by atoms with van der Waals surface area (Å²) in [6.45, 7) is 0. The molecule has 3 heterocycles. The third-order valence-electron chi connectivity index (χ3n) is 6.53. The van der Waals surface area contributed by atoms with E-state index in [2.05, 4.69) is 25.9 Å². The number of H-pyrrole nitrogens is 1. The number of imidazole rings is 1. The number of aromatic nitrogens is 2. The van der Waals surface area contributed by atoms with Crippen molar-refractivity contribution < 1.29 is 33.8 Å². The highest BCUT2D eigenvalue weighted by Crippen LogP contribution is 2.42. The highest BCUT2D eigenvalue weighted by atomic mass is 79.9. The number of aliphatic hydroxyl groups is 1. The molecule has 0 saturated carbocycles. The Balaban J connectivity index is 1.49. The highest BCUT2D eigenvalue weighted by Gasteiger charge is 2.46. The van der Waals surface area contributed by atoms with E-state index in [0.717, 1.165) is 4.47 Å². The van der Waals surface area contributed by atoms with Crippen LogP contribution in [0.2, 0.25) is 0 Å². The third-order valence-corrected chi connectivity index (χ3v) is 7.02. The number of aromatic carboxylic acids is 1. The molecule has 2 aromatic heterocycles. The van der Waals surface area contributed by atoms with Gasteiger partial charge < -0.3 is 24.4 Å². The number of nitrogens with one attached hydrogen (secondary N) is 1. The molecule has 3 N–H and O–H groups in total. The minimum Gasteiger partial charge on any atom is -0.503 e. The second kappa shape index (κ2) is 9.14. The molecular formula is C28H18BrN3O7. The predicted molar refractivity (Wildman–Crippen MR) is 144 cm³/mol. The molecule has 0 saturated heterocycles. The topological polar surface area (TPSA) is 146 Å². The number of hydrogen-bond acceptors (Lipinski definition) is 7. The molecule has 0 radical (unpaired) electrons. The van der Waals surface area contributed by atoms with Crippen LogP contribution in [0, 0.1) is 0 Å². The number of methoxy groups -OCH3 is 1. The van der Waals surface area contributed by atoms with E-state index in [1.54, 1.807) is 48.5 Å². The van der Waals surface area contributed by atoms with Crippen molar-refractivity contribution in [3.05, 3.63) is 99.4 Å². The van der Waals surface area contributed by atoms with Crippen LogP contribution in [0.5, 0.6) is 5.75 Å². The molecule has 10 nitrogen and oxygen atoms in total. The number of rotatable bonds is 6. The van der Waals surface area contributed by atoms with Crippen molar-refractivity contribution in [3.8, 4) is 5.75 Å². The van der Waals surface area contributed by atoms with E-state index < -0.39 is 29.5 Å². The van der Waals surface area contributed by atoms with Gasteiger partial charge in [0, 0.05) is 9.86 Å². The number of furan rings is 1. The number of nitrogens with zero attached hydrogens (tertiary/aromatic N) is 2. The predicted octanol–water partition coefficient (Wildman–Crippen LogP) is 5.56. The van der Waals surface area contributed by atoms with Crippen molar-refractivity contribution in [2.24, 2.45) is 0 Å². The second-order valence-corrected chi connectivity index (χ2v) is 9.75. The summed E-state index contributed by atoms with van der Waals surface area (Å²) in [6.07, 6.45) is 0. The van der Waals surface area contributed by atoms with Crippen LogP contribution in [-0.2, 0) is 4.79 Å². The molecule has 0 bridgehead atoms. The van der Waals surface area contributed by atoms with E-state index in [0.29, 0.717) is 33.3 Å². The van der Waals surface area contributed by atoms with Gasteiger partial charge >= 0.3 is 5.97 Å². The number of fused-ring (bicyclic) bond motifs is 2. The molecular weight excluding hydrogens is 570 g/mol. The van der Waals surface area contributed by atoms with Crippen molar-refractivity contribution in [1.29, 1.82) is 0 Å². The number of carbonyl (C=O) groups is 3. The number of carbonyl (C=O) groups excluding carboxylic acids is 2. The van der Waals surface area contributed by atoms with Gasteiger partial charge in [0.05, 0.1) is 35.3 Å². The van der Waals surface area contributed by atoms with Crippen LogP contribution in [0.3, 0.4) is 0 Å². The van der Waals surface area contributed by atoms with Gasteiger partial charge in [-0.15, -0.1) is 0 Å².